The molecule has 0 spiro atoms. The summed E-state index contributed by atoms with van der Waals surface area (Å²) in [5, 5.41) is 13.5. The molecule has 0 fully saturated rings. The number of carbonyl (C=O) groups excluding carboxylic acids is 1. The van der Waals surface area contributed by atoms with Crippen molar-refractivity contribution in [2.45, 2.75) is 26.8 Å². The molecule has 0 saturated heterocycles. The summed E-state index contributed by atoms with van der Waals surface area (Å²) in [5.41, 5.74) is 2.39. The number of aryl methyl sites for hydroxylation is 1. The molecule has 4 aromatic rings. The molecule has 0 saturated carbocycles. The molecule has 0 unspecified atom stereocenters. The van der Waals surface area contributed by atoms with E-state index in [2.05, 4.69) is 35.8 Å². The van der Waals surface area contributed by atoms with Crippen LogP contribution in [0.25, 0.3) is 17.2 Å². The van der Waals surface area contributed by atoms with Gasteiger partial charge in [0.25, 0.3) is 0 Å². The summed E-state index contributed by atoms with van der Waals surface area (Å²) < 4.78 is 3.77. The van der Waals surface area contributed by atoms with E-state index in [-0.39, 0.29) is 6.04 Å². The Morgan fingerprint density at radius 3 is 2.57 bits per heavy atom. The molecular weight excluding hydrogens is 382 g/mol. The van der Waals surface area contributed by atoms with Crippen LogP contribution in [0.5, 0.6) is 0 Å². The highest BCUT2D eigenvalue weighted by molar-refractivity contribution is 5.98. The number of nitrogens with one attached hydrogen (secondary N) is 2. The van der Waals surface area contributed by atoms with Crippen molar-refractivity contribution in [2.75, 3.05) is 10.6 Å². The lowest BCUT2D eigenvalue weighted by Crippen LogP contribution is -2.20. The van der Waals surface area contributed by atoms with Gasteiger partial charge in [-0.1, -0.05) is 6.07 Å². The van der Waals surface area contributed by atoms with E-state index < -0.39 is 6.03 Å². The molecule has 2 amide bonds. The van der Waals surface area contributed by atoms with Crippen LogP contribution in [0.1, 0.15) is 25.6 Å². The number of rotatable bonds is 5. The van der Waals surface area contributed by atoms with E-state index >= 15 is 0 Å². The number of imidazole rings is 1. The van der Waals surface area contributed by atoms with Crippen LogP contribution in [-0.2, 0) is 0 Å². The van der Waals surface area contributed by atoms with Gasteiger partial charge in [-0.2, -0.15) is 0 Å². The molecule has 2 N–H and O–H groups in total. The summed E-state index contributed by atoms with van der Waals surface area (Å²) in [6.45, 7) is 5.99. The molecule has 10 nitrogen and oxygen atoms in total. The lowest BCUT2D eigenvalue weighted by Gasteiger charge is -2.11. The second-order valence-electron chi connectivity index (χ2n) is 6.97. The van der Waals surface area contributed by atoms with Crippen molar-refractivity contribution in [3.63, 3.8) is 0 Å². The number of nitrogens with zero attached hydrogens (tertiary/aromatic N) is 7. The summed E-state index contributed by atoms with van der Waals surface area (Å²) in [6.07, 6.45) is 6.93. The van der Waals surface area contributed by atoms with Gasteiger partial charge in [0, 0.05) is 12.2 Å². The van der Waals surface area contributed by atoms with Gasteiger partial charge in [-0.15, -0.1) is 10.2 Å². The van der Waals surface area contributed by atoms with E-state index in [1.165, 1.54) is 0 Å². The monoisotopic (exact) mass is 403 g/mol. The Labute approximate surface area is 173 Å². The van der Waals surface area contributed by atoms with Gasteiger partial charge in [-0.3, -0.25) is 10.6 Å². The number of aromatic nitrogens is 7. The fraction of sp³-hybridized carbons (Fsp3) is 0.200. The minimum Gasteiger partial charge on any atom is -0.310 e. The first-order valence-electron chi connectivity index (χ1n) is 9.41. The molecule has 4 rings (SSSR count). The molecule has 4 heterocycles. The van der Waals surface area contributed by atoms with Gasteiger partial charge >= 0.3 is 6.03 Å². The van der Waals surface area contributed by atoms with E-state index in [1.807, 2.05) is 48.2 Å². The summed E-state index contributed by atoms with van der Waals surface area (Å²) >= 11 is 0. The van der Waals surface area contributed by atoms with E-state index in [0.717, 1.165) is 11.4 Å². The highest BCUT2D eigenvalue weighted by atomic mass is 16.2. The van der Waals surface area contributed by atoms with Crippen molar-refractivity contribution in [3.05, 3.63) is 61.1 Å². The molecule has 0 aromatic carbocycles. The van der Waals surface area contributed by atoms with Crippen molar-refractivity contribution in [2.24, 2.45) is 0 Å². The van der Waals surface area contributed by atoms with Crippen LogP contribution in [0.3, 0.4) is 0 Å². The third kappa shape index (κ3) is 4.17. The predicted octanol–water partition coefficient (Wildman–Crippen LogP) is 3.45. The van der Waals surface area contributed by atoms with Crippen LogP contribution < -0.4 is 10.6 Å². The topological polar surface area (TPSA) is 115 Å². The SMILES string of the molecule is Cc1cn(-c2ccc(NC(=O)Nc3cccc(-c4nncn4C(C)C)n3)nc2)cn1. The minimum atomic E-state index is -0.441. The van der Waals surface area contributed by atoms with E-state index in [9.17, 15) is 4.79 Å². The standard InChI is InChI=1S/C20H21N9O/c1-13(2)29-12-23-27-19(29)16-5-4-6-18(24-16)26-20(30)25-17-8-7-15(9-21-17)28-10-14(3)22-11-28/h4-13H,1-3H3,(H2,21,24,25,26,30). The van der Waals surface area contributed by atoms with Gasteiger partial charge in [0.2, 0.25) is 0 Å². The highest BCUT2D eigenvalue weighted by Crippen LogP contribution is 2.20. The van der Waals surface area contributed by atoms with Crippen LogP contribution in [0.2, 0.25) is 0 Å². The van der Waals surface area contributed by atoms with Crippen molar-refractivity contribution in [1.82, 2.24) is 34.3 Å². The van der Waals surface area contributed by atoms with Gasteiger partial charge in [-0.05, 0) is 45.0 Å². The van der Waals surface area contributed by atoms with Crippen molar-refractivity contribution < 1.29 is 4.79 Å². The second kappa shape index (κ2) is 8.11. The largest absolute Gasteiger partial charge is 0.326 e. The summed E-state index contributed by atoms with van der Waals surface area (Å²) in [5.74, 6) is 1.46. The fourth-order valence-electron chi connectivity index (χ4n) is 2.87. The maximum atomic E-state index is 12.4. The summed E-state index contributed by atoms with van der Waals surface area (Å²) in [4.78, 5) is 25.3. The zero-order valence-electron chi connectivity index (χ0n) is 16.8. The number of hydrogen-bond donors (Lipinski definition) is 2. The molecule has 0 aliphatic heterocycles. The van der Waals surface area contributed by atoms with Crippen LogP contribution in [0.15, 0.2) is 55.4 Å². The molecule has 10 heteroatoms. The molecule has 0 atom stereocenters. The zero-order valence-corrected chi connectivity index (χ0v) is 16.8. The Balaban J connectivity index is 1.44. The lowest BCUT2D eigenvalue weighted by molar-refractivity contribution is 0.262. The van der Waals surface area contributed by atoms with Crippen molar-refractivity contribution >= 4 is 17.7 Å². The molecule has 152 valence electrons. The quantitative estimate of drug-likeness (QED) is 0.527. The maximum Gasteiger partial charge on any atom is 0.326 e. The second-order valence-corrected chi connectivity index (χ2v) is 6.97. The van der Waals surface area contributed by atoms with Gasteiger partial charge in [0.15, 0.2) is 5.82 Å². The molecule has 0 bridgehead atoms. The van der Waals surface area contributed by atoms with E-state index in [1.54, 1.807) is 37.1 Å². The van der Waals surface area contributed by atoms with Gasteiger partial charge in [-0.25, -0.2) is 19.7 Å². The number of amides is 2. The highest BCUT2D eigenvalue weighted by Gasteiger charge is 2.12. The number of hydrogen-bond acceptors (Lipinski definition) is 6. The van der Waals surface area contributed by atoms with E-state index in [4.69, 9.17) is 0 Å². The third-order valence-electron chi connectivity index (χ3n) is 4.35. The Hall–Kier alpha value is -4.08. The van der Waals surface area contributed by atoms with E-state index in [0.29, 0.717) is 23.2 Å². The average molecular weight is 403 g/mol. The first-order valence-corrected chi connectivity index (χ1v) is 9.41. The average Bonchev–Trinajstić information content (AvgIpc) is 3.38. The Kier molecular flexibility index (Phi) is 5.21. The molecule has 0 aliphatic carbocycles. The van der Waals surface area contributed by atoms with Crippen LogP contribution in [-0.4, -0.2) is 40.3 Å². The third-order valence-corrected chi connectivity index (χ3v) is 4.35. The number of anilines is 2. The molecule has 30 heavy (non-hydrogen) atoms. The molecule has 0 radical (unpaired) electrons. The van der Waals surface area contributed by atoms with Crippen molar-refractivity contribution in [3.8, 4) is 17.2 Å². The van der Waals surface area contributed by atoms with Crippen molar-refractivity contribution in [1.29, 1.82) is 0 Å². The Bertz CT molecular complexity index is 1160. The lowest BCUT2D eigenvalue weighted by atomic mass is 10.3. The molecular formula is C20H21N9O. The van der Waals surface area contributed by atoms with Crippen LogP contribution >= 0.6 is 0 Å². The maximum absolute atomic E-state index is 12.4. The van der Waals surface area contributed by atoms with Gasteiger partial charge in [0.05, 0.1) is 23.9 Å². The zero-order chi connectivity index (χ0) is 21.1. The predicted molar refractivity (Wildman–Crippen MR) is 112 cm³/mol. The normalized spacial score (nSPS) is 10.9. The van der Waals surface area contributed by atoms with Crippen LogP contribution in [0, 0.1) is 6.92 Å². The number of urea groups is 1. The van der Waals surface area contributed by atoms with Gasteiger partial charge in [0.1, 0.15) is 23.7 Å². The summed E-state index contributed by atoms with van der Waals surface area (Å²) in [7, 11) is 0. The Morgan fingerprint density at radius 2 is 1.87 bits per heavy atom. The van der Waals surface area contributed by atoms with Gasteiger partial charge < -0.3 is 9.13 Å². The fourth-order valence-corrected chi connectivity index (χ4v) is 2.87. The van der Waals surface area contributed by atoms with Crippen LogP contribution in [0.4, 0.5) is 16.4 Å². The summed E-state index contributed by atoms with van der Waals surface area (Å²) in [6, 6.07) is 8.65. The smallest absolute Gasteiger partial charge is 0.310 e. The Morgan fingerprint density at radius 1 is 1.03 bits per heavy atom. The number of pyridine rings is 2. The molecule has 0 aliphatic rings. The minimum absolute atomic E-state index is 0.192. The number of carbonyl (C=O) groups is 1. The molecule has 4 aromatic heterocycles. The first kappa shape index (κ1) is 19.2. The first-order chi connectivity index (χ1) is 14.5.